The van der Waals surface area contributed by atoms with Crippen molar-refractivity contribution in [2.24, 2.45) is 4.99 Å². The van der Waals surface area contributed by atoms with Crippen molar-refractivity contribution in [1.29, 1.82) is 0 Å². The summed E-state index contributed by atoms with van der Waals surface area (Å²) in [5.74, 6) is 0.271. The minimum absolute atomic E-state index is 0.247. The Morgan fingerprint density at radius 3 is 2.71 bits per heavy atom. The maximum absolute atomic E-state index is 12.5. The van der Waals surface area contributed by atoms with Crippen LogP contribution in [0.5, 0.6) is 0 Å². The second kappa shape index (κ2) is 7.44. The van der Waals surface area contributed by atoms with Gasteiger partial charge in [-0.05, 0) is 37.2 Å². The van der Waals surface area contributed by atoms with E-state index in [1.165, 1.54) is 30.2 Å². The molecule has 1 aromatic heterocycles. The number of benzene rings is 1. The fraction of sp³-hybridized carbons (Fsp3) is 0.353. The zero-order chi connectivity index (χ0) is 16.9. The highest BCUT2D eigenvalue weighted by atomic mass is 32.1. The fourth-order valence-corrected chi connectivity index (χ4v) is 3.15. The third kappa shape index (κ3) is 3.73. The van der Waals surface area contributed by atoms with Crippen LogP contribution in [-0.4, -0.2) is 27.1 Å². The largest absolute Gasteiger partial charge is 0.383 e. The van der Waals surface area contributed by atoms with E-state index in [4.69, 9.17) is 18.0 Å². The molecule has 0 atom stereocenters. The summed E-state index contributed by atoms with van der Waals surface area (Å²) in [5, 5.41) is 6.50. The summed E-state index contributed by atoms with van der Waals surface area (Å²) < 4.78 is 1.40. The van der Waals surface area contributed by atoms with E-state index in [0.717, 1.165) is 18.5 Å². The Labute approximate surface area is 145 Å². The second-order valence-electron chi connectivity index (χ2n) is 5.96. The van der Waals surface area contributed by atoms with Gasteiger partial charge in [0.1, 0.15) is 11.4 Å². The number of rotatable bonds is 3. The van der Waals surface area contributed by atoms with Crippen molar-refractivity contribution >= 4 is 29.4 Å². The molecule has 4 N–H and O–H groups in total. The van der Waals surface area contributed by atoms with Gasteiger partial charge in [-0.2, -0.15) is 0 Å². The van der Waals surface area contributed by atoms with Gasteiger partial charge in [0.05, 0.1) is 5.69 Å². The van der Waals surface area contributed by atoms with E-state index in [0.29, 0.717) is 16.7 Å². The predicted molar refractivity (Wildman–Crippen MR) is 101 cm³/mol. The van der Waals surface area contributed by atoms with Gasteiger partial charge in [-0.15, -0.1) is 0 Å². The lowest BCUT2D eigenvalue weighted by Gasteiger charge is -2.22. The molecule has 0 bridgehead atoms. The average Bonchev–Trinajstić information content (AvgIpc) is 2.89. The van der Waals surface area contributed by atoms with Gasteiger partial charge < -0.3 is 11.1 Å². The highest BCUT2D eigenvalue weighted by molar-refractivity contribution is 7.80. The lowest BCUT2D eigenvalue weighted by atomic mass is 9.96. The van der Waals surface area contributed by atoms with Gasteiger partial charge in [0.2, 0.25) is 0 Å². The number of nitrogen functional groups attached to an aromatic ring is 1. The number of aromatic amines is 1. The zero-order valence-corrected chi connectivity index (χ0v) is 14.2. The quantitative estimate of drug-likeness (QED) is 0.590. The summed E-state index contributed by atoms with van der Waals surface area (Å²) >= 11 is 5.25. The molecule has 1 aliphatic carbocycles. The van der Waals surface area contributed by atoms with Crippen LogP contribution in [0.25, 0.3) is 5.69 Å². The van der Waals surface area contributed by atoms with Gasteiger partial charge in [-0.25, -0.2) is 9.67 Å². The van der Waals surface area contributed by atoms with Crippen LogP contribution in [0.15, 0.2) is 40.1 Å². The standard InChI is InChI=1S/C17H21N5OS/c18-15-14(11-19-17(24)20-12-7-3-1-4-8-12)16(23)22(21-15)13-9-5-2-6-10-13/h2,5-6,9-12,21H,1,3-4,7-8,18H2,(H,20,24)/b19-11+. The van der Waals surface area contributed by atoms with Crippen LogP contribution >= 0.6 is 12.2 Å². The van der Waals surface area contributed by atoms with Crippen LogP contribution in [0.1, 0.15) is 37.7 Å². The second-order valence-corrected chi connectivity index (χ2v) is 6.34. The Kier molecular flexibility index (Phi) is 5.10. The fourth-order valence-electron chi connectivity index (χ4n) is 2.93. The van der Waals surface area contributed by atoms with Crippen LogP contribution in [-0.2, 0) is 0 Å². The number of H-pyrrole nitrogens is 1. The van der Waals surface area contributed by atoms with Crippen molar-refractivity contribution in [1.82, 2.24) is 15.1 Å². The minimum atomic E-state index is -0.247. The molecule has 7 heteroatoms. The van der Waals surface area contributed by atoms with Crippen molar-refractivity contribution < 1.29 is 0 Å². The number of para-hydroxylation sites is 1. The first kappa shape index (κ1) is 16.4. The molecule has 0 amide bonds. The molecule has 1 aromatic carbocycles. The molecule has 1 aliphatic rings. The van der Waals surface area contributed by atoms with Crippen molar-refractivity contribution in [3.8, 4) is 5.69 Å². The van der Waals surface area contributed by atoms with Crippen molar-refractivity contribution in [3.63, 3.8) is 0 Å². The molecular formula is C17H21N5OS. The molecule has 3 rings (SSSR count). The number of hydrogen-bond acceptors (Lipinski definition) is 3. The Bertz CT molecular complexity index is 787. The first-order valence-corrected chi connectivity index (χ1v) is 8.56. The Morgan fingerprint density at radius 2 is 2.00 bits per heavy atom. The van der Waals surface area contributed by atoms with Crippen LogP contribution in [0.3, 0.4) is 0 Å². The third-order valence-electron chi connectivity index (χ3n) is 4.21. The first-order valence-electron chi connectivity index (χ1n) is 8.15. The van der Waals surface area contributed by atoms with E-state index in [-0.39, 0.29) is 11.4 Å². The van der Waals surface area contributed by atoms with E-state index in [2.05, 4.69) is 15.4 Å². The van der Waals surface area contributed by atoms with E-state index in [1.807, 2.05) is 30.3 Å². The van der Waals surface area contributed by atoms with Gasteiger partial charge >= 0.3 is 0 Å². The number of aromatic nitrogens is 2. The van der Waals surface area contributed by atoms with Crippen molar-refractivity contribution in [2.45, 2.75) is 38.1 Å². The lowest BCUT2D eigenvalue weighted by molar-refractivity contribution is 0.414. The van der Waals surface area contributed by atoms with E-state index >= 15 is 0 Å². The molecule has 0 unspecified atom stereocenters. The number of nitrogens with two attached hydrogens (primary N) is 1. The maximum atomic E-state index is 12.5. The molecule has 0 radical (unpaired) electrons. The number of thiocarbonyl (C=S) groups is 1. The summed E-state index contributed by atoms with van der Waals surface area (Å²) in [7, 11) is 0. The molecule has 24 heavy (non-hydrogen) atoms. The van der Waals surface area contributed by atoms with Crippen LogP contribution in [0, 0.1) is 0 Å². The average molecular weight is 343 g/mol. The molecule has 1 heterocycles. The number of nitrogens with one attached hydrogen (secondary N) is 2. The van der Waals surface area contributed by atoms with Gasteiger partial charge in [-0.1, -0.05) is 37.5 Å². The number of aliphatic imine (C=N–C) groups is 1. The van der Waals surface area contributed by atoms with E-state index < -0.39 is 0 Å². The predicted octanol–water partition coefficient (Wildman–Crippen LogP) is 2.37. The molecule has 1 saturated carbocycles. The molecule has 1 fully saturated rings. The number of nitrogens with zero attached hydrogens (tertiary/aromatic N) is 2. The summed E-state index contributed by atoms with van der Waals surface area (Å²) in [6.07, 6.45) is 7.39. The smallest absolute Gasteiger partial charge is 0.282 e. The molecule has 2 aromatic rings. The SMILES string of the molecule is Nc1[nH]n(-c2ccccc2)c(=O)c1/C=N/C(=S)NC1CCCCC1. The Hall–Kier alpha value is -2.41. The molecule has 0 saturated heterocycles. The molecule has 126 valence electrons. The van der Waals surface area contributed by atoms with Gasteiger partial charge in [-0.3, -0.25) is 9.89 Å². The van der Waals surface area contributed by atoms with Gasteiger partial charge in [0.25, 0.3) is 5.56 Å². The summed E-state index contributed by atoms with van der Waals surface area (Å²) in [6, 6.07) is 9.64. The summed E-state index contributed by atoms with van der Waals surface area (Å²) in [5.41, 5.74) is 6.70. The molecule has 0 aliphatic heterocycles. The Balaban J connectivity index is 1.74. The number of anilines is 1. The molecule has 0 spiro atoms. The van der Waals surface area contributed by atoms with Crippen LogP contribution in [0.2, 0.25) is 0 Å². The Morgan fingerprint density at radius 1 is 1.29 bits per heavy atom. The maximum Gasteiger partial charge on any atom is 0.282 e. The first-order chi connectivity index (χ1) is 11.6. The van der Waals surface area contributed by atoms with Crippen LogP contribution in [0.4, 0.5) is 5.82 Å². The third-order valence-corrected chi connectivity index (χ3v) is 4.44. The monoisotopic (exact) mass is 343 g/mol. The minimum Gasteiger partial charge on any atom is -0.383 e. The highest BCUT2D eigenvalue weighted by Crippen LogP contribution is 2.17. The lowest BCUT2D eigenvalue weighted by Crippen LogP contribution is -2.34. The van der Waals surface area contributed by atoms with Crippen molar-refractivity contribution in [2.75, 3.05) is 5.73 Å². The zero-order valence-electron chi connectivity index (χ0n) is 13.4. The summed E-state index contributed by atoms with van der Waals surface area (Å²) in [6.45, 7) is 0. The van der Waals surface area contributed by atoms with Gasteiger partial charge in [0.15, 0.2) is 5.11 Å². The van der Waals surface area contributed by atoms with Gasteiger partial charge in [0, 0.05) is 12.3 Å². The number of hydrogen-bond donors (Lipinski definition) is 3. The van der Waals surface area contributed by atoms with E-state index in [9.17, 15) is 4.79 Å². The highest BCUT2D eigenvalue weighted by Gasteiger charge is 2.14. The normalized spacial score (nSPS) is 15.7. The van der Waals surface area contributed by atoms with E-state index in [1.54, 1.807) is 0 Å². The summed E-state index contributed by atoms with van der Waals surface area (Å²) in [4.78, 5) is 16.7. The van der Waals surface area contributed by atoms with Crippen LogP contribution < -0.4 is 16.6 Å². The van der Waals surface area contributed by atoms with Crippen molar-refractivity contribution in [3.05, 3.63) is 46.2 Å². The topological polar surface area (TPSA) is 88.2 Å². The molecule has 6 nitrogen and oxygen atoms in total. The molecular weight excluding hydrogens is 322 g/mol.